The van der Waals surface area contributed by atoms with Crippen LogP contribution in [-0.4, -0.2) is 46.2 Å². The zero-order chi connectivity index (χ0) is 21.3. The number of hydrogen-bond acceptors (Lipinski definition) is 4. The fourth-order valence-corrected chi connectivity index (χ4v) is 4.39. The molecule has 0 radical (unpaired) electrons. The fraction of sp³-hybridized carbons (Fsp3) is 0.682. The van der Waals surface area contributed by atoms with Crippen molar-refractivity contribution in [3.05, 3.63) is 34.2 Å². The number of nitrogens with zero attached hydrogens (tertiary/aromatic N) is 2. The number of amides is 2. The average Bonchev–Trinajstić information content (AvgIpc) is 2.64. The van der Waals surface area contributed by atoms with Crippen LogP contribution < -0.4 is 10.9 Å². The number of alkyl carbamates (subject to hydrolysis) is 1. The Labute approximate surface area is 172 Å². The molecule has 2 aliphatic rings. The number of fused-ring (bicyclic) bond motifs is 4. The van der Waals surface area contributed by atoms with Crippen molar-refractivity contribution in [2.75, 3.05) is 13.1 Å². The SMILES string of the molecule is CC[C@H](C)[C@H](NC(=O)OC(C)(C)C)C(=O)N1C[C@@H]2C[C@@H](C1)c1cccc(=O)n1C2. The quantitative estimate of drug-likeness (QED) is 0.838. The number of likely N-dealkylation sites (tertiary alicyclic amines) is 1. The van der Waals surface area contributed by atoms with Crippen molar-refractivity contribution in [2.24, 2.45) is 11.8 Å². The predicted molar refractivity (Wildman–Crippen MR) is 111 cm³/mol. The number of piperidine rings is 1. The molecule has 29 heavy (non-hydrogen) atoms. The third-order valence-electron chi connectivity index (χ3n) is 5.94. The van der Waals surface area contributed by atoms with Gasteiger partial charge < -0.3 is 19.5 Å². The van der Waals surface area contributed by atoms with E-state index in [4.69, 9.17) is 4.74 Å². The number of carbonyl (C=O) groups excluding carboxylic acids is 2. The number of ether oxygens (including phenoxy) is 1. The third-order valence-corrected chi connectivity index (χ3v) is 5.94. The van der Waals surface area contributed by atoms with Crippen LogP contribution in [0.3, 0.4) is 0 Å². The summed E-state index contributed by atoms with van der Waals surface area (Å²) in [6.45, 7) is 11.2. The van der Waals surface area contributed by atoms with E-state index in [-0.39, 0.29) is 29.2 Å². The van der Waals surface area contributed by atoms with Crippen molar-refractivity contribution >= 4 is 12.0 Å². The molecule has 1 fully saturated rings. The number of rotatable bonds is 4. The molecule has 2 amide bonds. The third kappa shape index (κ3) is 4.82. The van der Waals surface area contributed by atoms with Crippen LogP contribution in [0.1, 0.15) is 59.1 Å². The Hall–Kier alpha value is -2.31. The maximum absolute atomic E-state index is 13.4. The summed E-state index contributed by atoms with van der Waals surface area (Å²) >= 11 is 0. The zero-order valence-corrected chi connectivity index (χ0v) is 18.1. The van der Waals surface area contributed by atoms with E-state index in [9.17, 15) is 14.4 Å². The molecule has 0 saturated carbocycles. The second-order valence-electron chi connectivity index (χ2n) is 9.45. The van der Waals surface area contributed by atoms with Gasteiger partial charge in [-0.05, 0) is 45.1 Å². The van der Waals surface area contributed by atoms with Gasteiger partial charge in [0.25, 0.3) is 5.56 Å². The highest BCUT2D eigenvalue weighted by Gasteiger charge is 2.39. The van der Waals surface area contributed by atoms with Crippen molar-refractivity contribution in [1.29, 1.82) is 0 Å². The minimum absolute atomic E-state index is 0.00769. The maximum atomic E-state index is 13.4. The van der Waals surface area contributed by atoms with Crippen molar-refractivity contribution in [2.45, 2.75) is 71.6 Å². The van der Waals surface area contributed by atoms with Gasteiger partial charge in [-0.15, -0.1) is 0 Å². The zero-order valence-electron chi connectivity index (χ0n) is 18.1. The van der Waals surface area contributed by atoms with Crippen LogP contribution in [-0.2, 0) is 16.1 Å². The molecule has 7 nitrogen and oxygen atoms in total. The van der Waals surface area contributed by atoms with Crippen molar-refractivity contribution < 1.29 is 14.3 Å². The van der Waals surface area contributed by atoms with Crippen LogP contribution in [0.5, 0.6) is 0 Å². The second-order valence-corrected chi connectivity index (χ2v) is 9.45. The molecule has 3 heterocycles. The van der Waals surface area contributed by atoms with Gasteiger partial charge in [-0.3, -0.25) is 9.59 Å². The smallest absolute Gasteiger partial charge is 0.408 e. The van der Waals surface area contributed by atoms with Crippen LogP contribution in [0.4, 0.5) is 4.79 Å². The molecule has 2 bridgehead atoms. The first-order valence-corrected chi connectivity index (χ1v) is 10.6. The largest absolute Gasteiger partial charge is 0.444 e. The summed E-state index contributed by atoms with van der Waals surface area (Å²) in [4.78, 5) is 39.8. The van der Waals surface area contributed by atoms with Gasteiger partial charge in [0.15, 0.2) is 0 Å². The van der Waals surface area contributed by atoms with E-state index in [2.05, 4.69) is 5.32 Å². The molecule has 3 rings (SSSR count). The Balaban J connectivity index is 1.77. The van der Waals surface area contributed by atoms with E-state index >= 15 is 0 Å². The molecule has 1 aromatic heterocycles. The highest BCUT2D eigenvalue weighted by molar-refractivity contribution is 5.86. The summed E-state index contributed by atoms with van der Waals surface area (Å²) in [7, 11) is 0. The van der Waals surface area contributed by atoms with Gasteiger partial charge in [0.1, 0.15) is 11.6 Å². The normalized spacial score (nSPS) is 23.0. The van der Waals surface area contributed by atoms with E-state index < -0.39 is 17.7 Å². The van der Waals surface area contributed by atoms with Gasteiger partial charge in [0.05, 0.1) is 0 Å². The lowest BCUT2D eigenvalue weighted by molar-refractivity contribution is -0.137. The van der Waals surface area contributed by atoms with Crippen molar-refractivity contribution in [1.82, 2.24) is 14.8 Å². The lowest BCUT2D eigenvalue weighted by Gasteiger charge is -2.44. The molecule has 2 aliphatic heterocycles. The Kier molecular flexibility index (Phi) is 6.05. The number of carbonyl (C=O) groups is 2. The summed E-state index contributed by atoms with van der Waals surface area (Å²) in [5, 5.41) is 2.81. The first kappa shape index (κ1) is 21.4. The van der Waals surface area contributed by atoms with E-state index in [0.717, 1.165) is 18.5 Å². The van der Waals surface area contributed by atoms with Gasteiger partial charge in [-0.1, -0.05) is 26.3 Å². The monoisotopic (exact) mass is 403 g/mol. The molecule has 0 unspecified atom stereocenters. The van der Waals surface area contributed by atoms with Crippen LogP contribution in [0, 0.1) is 11.8 Å². The number of pyridine rings is 1. The fourth-order valence-electron chi connectivity index (χ4n) is 4.39. The summed E-state index contributed by atoms with van der Waals surface area (Å²) in [6, 6.07) is 4.76. The lowest BCUT2D eigenvalue weighted by Crippen LogP contribution is -2.57. The van der Waals surface area contributed by atoms with E-state index in [1.165, 1.54) is 0 Å². The van der Waals surface area contributed by atoms with E-state index in [1.54, 1.807) is 32.9 Å². The predicted octanol–water partition coefficient (Wildman–Crippen LogP) is 2.73. The number of hydrogen-bond donors (Lipinski definition) is 1. The molecule has 1 N–H and O–H groups in total. The Morgan fingerprint density at radius 1 is 1.24 bits per heavy atom. The molecule has 0 spiro atoms. The van der Waals surface area contributed by atoms with Gasteiger partial charge in [0.2, 0.25) is 5.91 Å². The van der Waals surface area contributed by atoms with Crippen LogP contribution in [0.25, 0.3) is 0 Å². The molecule has 1 aromatic rings. The van der Waals surface area contributed by atoms with Gasteiger partial charge in [-0.25, -0.2) is 4.79 Å². The Bertz CT molecular complexity index is 826. The molecular weight excluding hydrogens is 370 g/mol. The molecular formula is C22H33N3O4. The average molecular weight is 404 g/mol. The molecule has 0 aromatic carbocycles. The lowest BCUT2D eigenvalue weighted by atomic mass is 9.82. The Morgan fingerprint density at radius 2 is 1.97 bits per heavy atom. The minimum Gasteiger partial charge on any atom is -0.444 e. The van der Waals surface area contributed by atoms with Gasteiger partial charge in [0, 0.05) is 37.3 Å². The molecule has 7 heteroatoms. The summed E-state index contributed by atoms with van der Waals surface area (Å²) in [6.07, 6.45) is 1.19. The Morgan fingerprint density at radius 3 is 2.62 bits per heavy atom. The molecule has 160 valence electrons. The van der Waals surface area contributed by atoms with E-state index in [0.29, 0.717) is 19.6 Å². The highest BCUT2D eigenvalue weighted by atomic mass is 16.6. The van der Waals surface area contributed by atoms with Crippen LogP contribution in [0.2, 0.25) is 0 Å². The first-order chi connectivity index (χ1) is 13.6. The summed E-state index contributed by atoms with van der Waals surface area (Å²) < 4.78 is 7.23. The standard InChI is InChI=1S/C22H33N3O4/c1-6-14(2)19(23-21(28)29-22(3,4)5)20(27)24-11-15-10-16(13-24)17-8-7-9-18(26)25(17)12-15/h7-9,14-16,19H,6,10-13H2,1-5H3,(H,23,28)/t14-,15-,16-,19-/m0/s1. The topological polar surface area (TPSA) is 80.6 Å². The van der Waals surface area contributed by atoms with Crippen molar-refractivity contribution in [3.63, 3.8) is 0 Å². The maximum Gasteiger partial charge on any atom is 0.408 e. The van der Waals surface area contributed by atoms with Crippen molar-refractivity contribution in [3.8, 4) is 0 Å². The first-order valence-electron chi connectivity index (χ1n) is 10.6. The highest BCUT2D eigenvalue weighted by Crippen LogP contribution is 2.35. The van der Waals surface area contributed by atoms with Gasteiger partial charge in [-0.2, -0.15) is 0 Å². The molecule has 4 atom stereocenters. The number of nitrogens with one attached hydrogen (secondary N) is 1. The van der Waals surface area contributed by atoms with Crippen LogP contribution in [0.15, 0.2) is 23.0 Å². The van der Waals surface area contributed by atoms with Gasteiger partial charge >= 0.3 is 6.09 Å². The number of aromatic nitrogens is 1. The van der Waals surface area contributed by atoms with Crippen LogP contribution >= 0.6 is 0 Å². The minimum atomic E-state index is -0.619. The second kappa shape index (κ2) is 8.20. The summed E-state index contributed by atoms with van der Waals surface area (Å²) in [5.41, 5.74) is 0.416. The van der Waals surface area contributed by atoms with E-state index in [1.807, 2.05) is 29.4 Å². The summed E-state index contributed by atoms with van der Waals surface area (Å²) in [5.74, 6) is 0.335. The molecule has 1 saturated heterocycles. The molecule has 0 aliphatic carbocycles.